The van der Waals surface area contributed by atoms with Crippen molar-refractivity contribution in [2.24, 2.45) is 11.3 Å². The van der Waals surface area contributed by atoms with Crippen molar-refractivity contribution in [1.29, 1.82) is 0 Å². The number of allylic oxidation sites excluding steroid dienone is 1. The molecule has 5 atom stereocenters. The fourth-order valence-corrected chi connectivity index (χ4v) is 4.54. The first-order chi connectivity index (χ1) is 12.6. The van der Waals surface area contributed by atoms with Gasteiger partial charge in [-0.15, -0.1) is 0 Å². The van der Waals surface area contributed by atoms with Crippen LogP contribution in [0.1, 0.15) is 47.5 Å². The number of ether oxygens (including phenoxy) is 3. The highest BCUT2D eigenvalue weighted by Crippen LogP contribution is 2.58. The van der Waals surface area contributed by atoms with Crippen molar-refractivity contribution in [3.63, 3.8) is 0 Å². The van der Waals surface area contributed by atoms with E-state index in [-0.39, 0.29) is 18.0 Å². The predicted octanol–water partition coefficient (Wildman–Crippen LogP) is 2.82. The molecule has 0 radical (unpaired) electrons. The van der Waals surface area contributed by atoms with Crippen LogP contribution in [-0.2, 0) is 23.8 Å². The Morgan fingerprint density at radius 3 is 2.70 bits per heavy atom. The van der Waals surface area contributed by atoms with Crippen molar-refractivity contribution in [2.45, 2.75) is 65.5 Å². The number of aliphatic hydroxyl groups excluding tert-OH is 1. The lowest BCUT2D eigenvalue weighted by Crippen LogP contribution is -2.57. The number of fused-ring (bicyclic) bond motifs is 2. The van der Waals surface area contributed by atoms with Gasteiger partial charge in [0.05, 0.1) is 6.10 Å². The van der Waals surface area contributed by atoms with Gasteiger partial charge >= 0.3 is 11.9 Å². The molecular weight excluding hydrogens is 348 g/mol. The van der Waals surface area contributed by atoms with Crippen LogP contribution in [0.4, 0.5) is 0 Å². The number of hydrogen-bond acceptors (Lipinski definition) is 6. The maximum Gasteiger partial charge on any atom is 0.336 e. The summed E-state index contributed by atoms with van der Waals surface area (Å²) < 4.78 is 16.8. The summed E-state index contributed by atoms with van der Waals surface area (Å²) in [6, 6.07) is 0. The molecule has 1 heterocycles. The Morgan fingerprint density at radius 2 is 2.11 bits per heavy atom. The van der Waals surface area contributed by atoms with E-state index >= 15 is 0 Å². The van der Waals surface area contributed by atoms with E-state index in [1.54, 1.807) is 26.8 Å². The first-order valence-corrected chi connectivity index (χ1v) is 9.33. The van der Waals surface area contributed by atoms with Crippen LogP contribution in [-0.4, -0.2) is 42.1 Å². The van der Waals surface area contributed by atoms with E-state index in [1.807, 2.05) is 19.9 Å². The van der Waals surface area contributed by atoms with E-state index < -0.39 is 23.3 Å². The van der Waals surface area contributed by atoms with E-state index in [9.17, 15) is 14.7 Å². The van der Waals surface area contributed by atoms with Crippen molar-refractivity contribution in [2.75, 3.05) is 7.11 Å². The zero-order chi connectivity index (χ0) is 20.1. The van der Waals surface area contributed by atoms with Gasteiger partial charge in [-0.1, -0.05) is 31.6 Å². The molecule has 1 aliphatic heterocycles. The molecular formula is C21H28O6. The number of carbonyl (C=O) groups excluding carboxylic acids is 2. The number of methoxy groups -OCH3 is 1. The quantitative estimate of drug-likeness (QED) is 0.463. The van der Waals surface area contributed by atoms with Gasteiger partial charge in [-0.05, 0) is 20.8 Å². The van der Waals surface area contributed by atoms with Gasteiger partial charge in [0.15, 0.2) is 0 Å². The molecule has 3 rings (SSSR count). The largest absolute Gasteiger partial charge is 0.458 e. The van der Waals surface area contributed by atoms with Gasteiger partial charge in [0.2, 0.25) is 5.79 Å². The van der Waals surface area contributed by atoms with E-state index in [0.29, 0.717) is 29.6 Å². The van der Waals surface area contributed by atoms with Crippen molar-refractivity contribution in [3.05, 3.63) is 34.4 Å². The highest BCUT2D eigenvalue weighted by Gasteiger charge is 2.62. The average Bonchev–Trinajstić information content (AvgIpc) is 2.90. The summed E-state index contributed by atoms with van der Waals surface area (Å²) in [7, 11) is 1.48. The smallest absolute Gasteiger partial charge is 0.336 e. The van der Waals surface area contributed by atoms with Gasteiger partial charge in [0.1, 0.15) is 6.10 Å². The number of rotatable bonds is 3. The van der Waals surface area contributed by atoms with Gasteiger partial charge in [-0.2, -0.15) is 0 Å². The summed E-state index contributed by atoms with van der Waals surface area (Å²) in [5.41, 5.74) is 1.71. The Labute approximate surface area is 159 Å². The van der Waals surface area contributed by atoms with Crippen molar-refractivity contribution in [3.8, 4) is 0 Å². The molecule has 6 heteroatoms. The highest BCUT2D eigenvalue weighted by molar-refractivity contribution is 5.93. The molecule has 0 bridgehead atoms. The van der Waals surface area contributed by atoms with E-state index in [2.05, 4.69) is 0 Å². The average molecular weight is 376 g/mol. The van der Waals surface area contributed by atoms with Gasteiger partial charge in [-0.3, -0.25) is 0 Å². The minimum atomic E-state index is -1.24. The molecule has 0 aromatic carbocycles. The number of hydrogen-bond donors (Lipinski definition) is 1. The Morgan fingerprint density at radius 1 is 1.44 bits per heavy atom. The zero-order valence-electron chi connectivity index (χ0n) is 16.8. The van der Waals surface area contributed by atoms with Crippen molar-refractivity contribution >= 4 is 11.9 Å². The molecule has 1 saturated carbocycles. The molecule has 0 saturated heterocycles. The summed E-state index contributed by atoms with van der Waals surface area (Å²) >= 11 is 0. The predicted molar refractivity (Wildman–Crippen MR) is 98.4 cm³/mol. The molecule has 148 valence electrons. The van der Waals surface area contributed by atoms with Gasteiger partial charge < -0.3 is 19.3 Å². The molecule has 6 nitrogen and oxygen atoms in total. The minimum absolute atomic E-state index is 0.146. The second kappa shape index (κ2) is 6.60. The molecule has 1 N–H and O–H groups in total. The Kier molecular flexibility index (Phi) is 4.85. The molecule has 3 aliphatic rings. The number of esters is 2. The third kappa shape index (κ3) is 2.69. The van der Waals surface area contributed by atoms with Crippen LogP contribution in [0, 0.1) is 11.3 Å². The van der Waals surface area contributed by atoms with Crippen LogP contribution in [0.2, 0.25) is 0 Å². The van der Waals surface area contributed by atoms with Gasteiger partial charge in [0.25, 0.3) is 0 Å². The Balaban J connectivity index is 2.00. The fraction of sp³-hybridized carbons (Fsp3) is 0.619. The molecule has 0 aromatic rings. The summed E-state index contributed by atoms with van der Waals surface area (Å²) in [4.78, 5) is 24.4. The summed E-state index contributed by atoms with van der Waals surface area (Å²) in [6.45, 7) is 9.10. The lowest BCUT2D eigenvalue weighted by atomic mass is 9.56. The molecule has 2 aliphatic carbocycles. The second-order valence-electron chi connectivity index (χ2n) is 7.92. The van der Waals surface area contributed by atoms with Crippen LogP contribution in [0.5, 0.6) is 0 Å². The normalized spacial score (nSPS) is 38.8. The third-order valence-corrected chi connectivity index (χ3v) is 6.78. The van der Waals surface area contributed by atoms with Crippen LogP contribution < -0.4 is 0 Å². The summed E-state index contributed by atoms with van der Waals surface area (Å²) in [5.74, 6) is -2.20. The first-order valence-electron chi connectivity index (χ1n) is 9.33. The lowest BCUT2D eigenvalue weighted by molar-refractivity contribution is -0.208. The SMILES string of the molecule is C/C=C(\C)C(=O)O[C@H]1CC=C2C[C@@]3(OC)OC(=O)C(C)=C3[C@@H](O)[C@]2(C)[C@H]1C. The third-order valence-electron chi connectivity index (χ3n) is 6.78. The van der Waals surface area contributed by atoms with E-state index in [0.717, 1.165) is 5.57 Å². The zero-order valence-corrected chi connectivity index (χ0v) is 16.8. The summed E-state index contributed by atoms with van der Waals surface area (Å²) in [5, 5.41) is 11.3. The summed E-state index contributed by atoms with van der Waals surface area (Å²) in [6.07, 6.45) is 3.30. The topological polar surface area (TPSA) is 82.1 Å². The Hall–Kier alpha value is -1.92. The lowest BCUT2D eigenvalue weighted by Gasteiger charge is -2.53. The Bertz CT molecular complexity index is 776. The fourth-order valence-electron chi connectivity index (χ4n) is 4.54. The van der Waals surface area contributed by atoms with Crippen LogP contribution in [0.3, 0.4) is 0 Å². The number of aliphatic hydroxyl groups is 1. The minimum Gasteiger partial charge on any atom is -0.458 e. The van der Waals surface area contributed by atoms with Crippen LogP contribution in [0.15, 0.2) is 34.4 Å². The number of carbonyl (C=O) groups is 2. The van der Waals surface area contributed by atoms with E-state index in [1.165, 1.54) is 7.11 Å². The standard InChI is InChI=1S/C21H28O6/c1-7-11(2)18(23)26-15-9-8-14-10-21(25-6)16(12(3)19(24)27-21)17(22)20(14,5)13(15)4/h7-8,13,15,17,22H,9-10H2,1-6H3/b11-7+/t13-,15-,17+,20+,21+/m0/s1. The monoisotopic (exact) mass is 376 g/mol. The maximum absolute atomic E-state index is 12.2. The van der Waals surface area contributed by atoms with Gasteiger partial charge in [0, 0.05) is 48.0 Å². The molecule has 0 amide bonds. The van der Waals surface area contributed by atoms with Crippen LogP contribution >= 0.6 is 0 Å². The molecule has 0 aromatic heterocycles. The van der Waals surface area contributed by atoms with Crippen molar-refractivity contribution in [1.82, 2.24) is 0 Å². The second-order valence-corrected chi connectivity index (χ2v) is 7.92. The first kappa shape index (κ1) is 19.8. The molecule has 0 spiro atoms. The highest BCUT2D eigenvalue weighted by atomic mass is 16.7. The van der Waals surface area contributed by atoms with Gasteiger partial charge in [-0.25, -0.2) is 9.59 Å². The molecule has 0 unspecified atom stereocenters. The maximum atomic E-state index is 12.2. The molecule has 27 heavy (non-hydrogen) atoms. The van der Waals surface area contributed by atoms with Crippen LogP contribution in [0.25, 0.3) is 0 Å². The van der Waals surface area contributed by atoms with E-state index in [4.69, 9.17) is 14.2 Å². The van der Waals surface area contributed by atoms with Crippen molar-refractivity contribution < 1.29 is 28.9 Å². The molecule has 1 fully saturated rings.